The van der Waals surface area contributed by atoms with Gasteiger partial charge in [-0.1, -0.05) is 293 Å². The summed E-state index contributed by atoms with van der Waals surface area (Å²) in [5, 5.41) is 121. The van der Waals surface area contributed by atoms with Gasteiger partial charge in [0.2, 0.25) is 5.91 Å². The van der Waals surface area contributed by atoms with Gasteiger partial charge < -0.3 is 89.9 Å². The van der Waals surface area contributed by atoms with Crippen LogP contribution in [0.15, 0.2) is 60.8 Å². The number of carbonyl (C=O) groups excluding carboxylic acids is 1. The molecule has 12 N–H and O–H groups in total. The lowest BCUT2D eigenvalue weighted by atomic mass is 9.96. The molecule has 566 valence electrons. The number of aliphatic hydroxyl groups is 11. The fourth-order valence-corrected chi connectivity index (χ4v) is 13.1. The predicted molar refractivity (Wildman–Crippen MR) is 383 cm³/mol. The quantitative estimate of drug-likeness (QED) is 0.0199. The van der Waals surface area contributed by atoms with E-state index in [0.29, 0.717) is 12.8 Å². The van der Waals surface area contributed by atoms with Crippen molar-refractivity contribution < 1.29 is 89.4 Å². The second kappa shape index (κ2) is 58.9. The van der Waals surface area contributed by atoms with E-state index in [1.807, 2.05) is 0 Å². The molecule has 17 unspecified atom stereocenters. The van der Waals surface area contributed by atoms with Crippen molar-refractivity contribution in [3.8, 4) is 0 Å². The molecule has 0 bridgehead atoms. The molecule has 0 aromatic carbocycles. The van der Waals surface area contributed by atoms with Crippen molar-refractivity contribution in [1.29, 1.82) is 0 Å². The van der Waals surface area contributed by atoms with Crippen LogP contribution in [0.4, 0.5) is 0 Å². The number of hydrogen-bond acceptors (Lipinski definition) is 18. The summed E-state index contributed by atoms with van der Waals surface area (Å²) in [4.78, 5) is 13.5. The largest absolute Gasteiger partial charge is 0.394 e. The second-order valence-electron chi connectivity index (χ2n) is 27.8. The Balaban J connectivity index is 1.35. The van der Waals surface area contributed by atoms with Crippen molar-refractivity contribution in [2.24, 2.45) is 0 Å². The molecule has 97 heavy (non-hydrogen) atoms. The molecule has 3 heterocycles. The smallest absolute Gasteiger partial charge is 0.220 e. The molecule has 3 aliphatic heterocycles. The van der Waals surface area contributed by atoms with Crippen LogP contribution in [-0.2, 0) is 33.2 Å². The van der Waals surface area contributed by atoms with E-state index in [2.05, 4.69) is 79.9 Å². The first-order valence-electron chi connectivity index (χ1n) is 39.0. The van der Waals surface area contributed by atoms with Gasteiger partial charge in [-0.05, 0) is 57.8 Å². The summed E-state index contributed by atoms with van der Waals surface area (Å²) >= 11 is 0. The van der Waals surface area contributed by atoms with Crippen molar-refractivity contribution in [3.05, 3.63) is 60.8 Å². The maximum atomic E-state index is 13.5. The summed E-state index contributed by atoms with van der Waals surface area (Å²) in [6.07, 6.45) is 47.3. The Morgan fingerprint density at radius 2 is 0.711 bits per heavy atom. The number of aliphatic hydroxyl groups excluding tert-OH is 11. The average Bonchev–Trinajstić information content (AvgIpc) is 0.845. The molecule has 3 rings (SSSR count). The number of rotatable bonds is 61. The monoisotopic (exact) mass is 1380 g/mol. The van der Waals surface area contributed by atoms with Gasteiger partial charge in [0.15, 0.2) is 18.9 Å². The maximum Gasteiger partial charge on any atom is 0.220 e. The molecule has 19 heteroatoms. The Labute approximate surface area is 586 Å². The highest BCUT2D eigenvalue weighted by molar-refractivity contribution is 5.76. The van der Waals surface area contributed by atoms with Gasteiger partial charge in [0.1, 0.15) is 73.2 Å². The van der Waals surface area contributed by atoms with Crippen molar-refractivity contribution in [2.75, 3.05) is 26.4 Å². The zero-order chi connectivity index (χ0) is 70.4. The summed E-state index contributed by atoms with van der Waals surface area (Å²) in [5.41, 5.74) is 0. The highest BCUT2D eigenvalue weighted by Gasteiger charge is 2.54. The van der Waals surface area contributed by atoms with Gasteiger partial charge in [0.05, 0.1) is 38.6 Å². The van der Waals surface area contributed by atoms with E-state index < -0.39 is 124 Å². The van der Waals surface area contributed by atoms with Gasteiger partial charge in [-0.2, -0.15) is 0 Å². The summed E-state index contributed by atoms with van der Waals surface area (Å²) in [7, 11) is 0. The van der Waals surface area contributed by atoms with Crippen LogP contribution in [0.3, 0.4) is 0 Å². The van der Waals surface area contributed by atoms with Crippen LogP contribution in [0.25, 0.3) is 0 Å². The van der Waals surface area contributed by atoms with E-state index in [1.165, 1.54) is 186 Å². The molecule has 0 radical (unpaired) electrons. The normalized spacial score (nSPS) is 27.2. The van der Waals surface area contributed by atoms with E-state index >= 15 is 0 Å². The number of hydrogen-bond donors (Lipinski definition) is 12. The number of amides is 1. The molecule has 0 saturated carbocycles. The van der Waals surface area contributed by atoms with Crippen LogP contribution in [0.1, 0.15) is 296 Å². The van der Waals surface area contributed by atoms with Gasteiger partial charge >= 0.3 is 0 Å². The highest BCUT2D eigenvalue weighted by Crippen LogP contribution is 2.33. The third-order valence-corrected chi connectivity index (χ3v) is 19.4. The summed E-state index contributed by atoms with van der Waals surface area (Å²) < 4.78 is 34.5. The number of nitrogens with one attached hydrogen (secondary N) is 1. The molecular weight excluding hydrogens is 1240 g/mol. The summed E-state index contributed by atoms with van der Waals surface area (Å²) in [6.45, 7) is 1.72. The second-order valence-corrected chi connectivity index (χ2v) is 27.8. The fraction of sp³-hybridized carbons (Fsp3) is 0.859. The fourth-order valence-electron chi connectivity index (χ4n) is 13.1. The van der Waals surface area contributed by atoms with Gasteiger partial charge in [-0.15, -0.1) is 0 Å². The lowest BCUT2D eigenvalue weighted by Crippen LogP contribution is -2.66. The van der Waals surface area contributed by atoms with Gasteiger partial charge in [0, 0.05) is 6.42 Å². The third-order valence-electron chi connectivity index (χ3n) is 19.4. The standard InChI is InChI=1S/C78H141NO18/c1-3-5-7-9-11-13-15-17-19-21-23-24-25-26-27-28-29-30-31-32-33-34-35-36-38-40-42-44-46-48-50-52-54-56-66(84)79-61(62(83)55-53-51-49-47-45-43-41-39-37-22-20-18-16-14-12-10-8-6-4-2)60-92-76-72(90)69(87)74(64(58-81)94-76)97-78-73(91)70(88)75(65(59-82)95-78)96-77-71(89)68(86)67(85)63(57-80)93-77/h5,7,11,13,17,19,23-24,26-27,61-65,67-78,80-83,85-91H,3-4,6,8-10,12,14-16,18,20-22,25,28-60H2,1-2H3,(H,79,84)/b7-5-,13-11-,19-17-,24-23-,27-26-. The van der Waals surface area contributed by atoms with Crippen LogP contribution in [-0.4, -0.2) is 193 Å². The van der Waals surface area contributed by atoms with Crippen molar-refractivity contribution in [3.63, 3.8) is 0 Å². The summed E-state index contributed by atoms with van der Waals surface area (Å²) in [5.74, 6) is -0.240. The molecule has 0 spiro atoms. The van der Waals surface area contributed by atoms with Gasteiger partial charge in [0.25, 0.3) is 0 Å². The zero-order valence-corrected chi connectivity index (χ0v) is 60.3. The maximum absolute atomic E-state index is 13.5. The Morgan fingerprint density at radius 3 is 1.11 bits per heavy atom. The molecule has 1 amide bonds. The van der Waals surface area contributed by atoms with Crippen LogP contribution in [0, 0.1) is 0 Å². The van der Waals surface area contributed by atoms with Gasteiger partial charge in [-0.3, -0.25) is 4.79 Å². The summed E-state index contributed by atoms with van der Waals surface area (Å²) in [6, 6.07) is -0.889. The van der Waals surface area contributed by atoms with Crippen molar-refractivity contribution >= 4 is 5.91 Å². The first-order chi connectivity index (χ1) is 47.3. The minimum absolute atomic E-state index is 0.240. The number of ether oxygens (including phenoxy) is 6. The molecule has 3 fully saturated rings. The van der Waals surface area contributed by atoms with Crippen molar-refractivity contribution in [2.45, 2.75) is 401 Å². The molecular formula is C78H141NO18. The molecule has 19 nitrogen and oxygen atoms in total. The van der Waals surface area contributed by atoms with Crippen LogP contribution >= 0.6 is 0 Å². The third kappa shape index (κ3) is 39.6. The van der Waals surface area contributed by atoms with E-state index in [-0.39, 0.29) is 18.9 Å². The number of allylic oxidation sites excluding steroid dienone is 10. The average molecular weight is 1380 g/mol. The lowest BCUT2D eigenvalue weighted by Gasteiger charge is -2.48. The van der Waals surface area contributed by atoms with Crippen LogP contribution in [0.2, 0.25) is 0 Å². The van der Waals surface area contributed by atoms with Gasteiger partial charge in [-0.25, -0.2) is 0 Å². The van der Waals surface area contributed by atoms with Crippen LogP contribution in [0.5, 0.6) is 0 Å². The van der Waals surface area contributed by atoms with E-state index in [9.17, 15) is 61.0 Å². The lowest BCUT2D eigenvalue weighted by molar-refractivity contribution is -0.379. The molecule has 3 aliphatic rings. The first-order valence-corrected chi connectivity index (χ1v) is 39.0. The van der Waals surface area contributed by atoms with E-state index in [1.54, 1.807) is 0 Å². The van der Waals surface area contributed by atoms with Crippen LogP contribution < -0.4 is 5.32 Å². The Bertz CT molecular complexity index is 1990. The van der Waals surface area contributed by atoms with Crippen molar-refractivity contribution in [1.82, 2.24) is 5.32 Å². The SMILES string of the molecule is CC/C=C\C/C=C\C/C=C\C/C=C\C/C=C\CCCCCCCCCCCCCCCCCCCC(=O)NC(COC1OC(CO)C(OC2OC(CO)C(OC3OC(CO)C(O)C(O)C3O)C(O)C2O)C(O)C1O)C(O)CCCCCCCCCCCCCCCCCCCCC. The molecule has 0 aromatic rings. The zero-order valence-electron chi connectivity index (χ0n) is 60.3. The number of unbranched alkanes of at least 4 members (excludes halogenated alkanes) is 35. The Hall–Kier alpha value is -2.51. The first kappa shape index (κ1) is 88.7. The highest BCUT2D eigenvalue weighted by atomic mass is 16.8. The Kier molecular flexibility index (Phi) is 53.9. The molecule has 0 aliphatic carbocycles. The van der Waals surface area contributed by atoms with E-state index in [0.717, 1.165) is 77.0 Å². The Morgan fingerprint density at radius 1 is 0.381 bits per heavy atom. The molecule has 3 saturated heterocycles. The van der Waals surface area contributed by atoms with E-state index in [4.69, 9.17) is 28.4 Å². The molecule has 17 atom stereocenters. The topological polar surface area (TPSA) is 307 Å². The minimum atomic E-state index is -1.97. The number of carbonyl (C=O) groups is 1. The minimum Gasteiger partial charge on any atom is -0.394 e. The molecule has 0 aromatic heterocycles. The predicted octanol–water partition coefficient (Wildman–Crippen LogP) is 12.3.